The van der Waals surface area contributed by atoms with Crippen molar-refractivity contribution < 1.29 is 9.00 Å². The topological polar surface area (TPSA) is 52.7 Å². The van der Waals surface area contributed by atoms with Crippen molar-refractivity contribution in [3.05, 3.63) is 29.3 Å². The minimum Gasteiger partial charge on any atom is -0.337 e. The van der Waals surface area contributed by atoms with E-state index in [0.29, 0.717) is 24.7 Å². The van der Waals surface area contributed by atoms with Gasteiger partial charge >= 0.3 is 6.03 Å². The van der Waals surface area contributed by atoms with Crippen molar-refractivity contribution in [1.82, 2.24) is 15.1 Å². The molecule has 23 heavy (non-hydrogen) atoms. The summed E-state index contributed by atoms with van der Waals surface area (Å²) in [5.41, 5.74) is 0. The maximum Gasteiger partial charge on any atom is 0.317 e. The fourth-order valence-electron chi connectivity index (χ4n) is 2.53. The molecule has 1 aliphatic rings. The lowest BCUT2D eigenvalue weighted by Gasteiger charge is -2.31. The van der Waals surface area contributed by atoms with Gasteiger partial charge in [-0.3, -0.25) is 4.21 Å². The van der Waals surface area contributed by atoms with Crippen LogP contribution in [0.15, 0.2) is 29.2 Å². The molecule has 128 valence electrons. The number of halogens is 1. The van der Waals surface area contributed by atoms with Gasteiger partial charge in [0.2, 0.25) is 0 Å². The van der Waals surface area contributed by atoms with Gasteiger partial charge < -0.3 is 15.1 Å². The third-order valence-electron chi connectivity index (χ3n) is 3.91. The van der Waals surface area contributed by atoms with Crippen LogP contribution in [-0.4, -0.2) is 65.6 Å². The predicted molar refractivity (Wildman–Crippen MR) is 94.4 cm³/mol. The number of likely N-dealkylation sites (N-methyl/N-ethyl adjacent to an activating group) is 1. The van der Waals surface area contributed by atoms with E-state index in [4.69, 9.17) is 11.6 Å². The fraction of sp³-hybridized carbons (Fsp3) is 0.562. The summed E-state index contributed by atoms with van der Waals surface area (Å²) < 4.78 is 12.6. The van der Waals surface area contributed by atoms with E-state index in [1.54, 1.807) is 12.1 Å². The molecule has 1 saturated heterocycles. The molecule has 5 nitrogen and oxygen atoms in total. The molecule has 0 radical (unpaired) electrons. The average Bonchev–Trinajstić information content (AvgIpc) is 2.54. The molecule has 1 aliphatic heterocycles. The largest absolute Gasteiger partial charge is 0.337 e. The summed E-state index contributed by atoms with van der Waals surface area (Å²) in [7, 11) is 2.91. The highest BCUT2D eigenvalue weighted by Crippen LogP contribution is 2.22. The van der Waals surface area contributed by atoms with Gasteiger partial charge in [0.05, 0.1) is 10.8 Å². The molecule has 0 aromatic heterocycles. The normalized spacial score (nSPS) is 17.3. The standard InChI is InChI=1S/C16H24ClN3O2S/c1-19(2)12-9-18-16(21)20-10-7-15(8-11-20)23(22)14-5-3-13(17)4-6-14/h3-6,15H,7-12H2,1-2H3,(H,18,21). The second-order valence-corrected chi connectivity index (χ2v) is 8.14. The van der Waals surface area contributed by atoms with E-state index in [-0.39, 0.29) is 11.3 Å². The van der Waals surface area contributed by atoms with Crippen LogP contribution in [0, 0.1) is 0 Å². The summed E-state index contributed by atoms with van der Waals surface area (Å²) in [5, 5.41) is 3.67. The second kappa shape index (κ2) is 8.66. The molecular weight excluding hydrogens is 334 g/mol. The molecule has 1 fully saturated rings. The number of likely N-dealkylation sites (tertiary alicyclic amines) is 1. The number of hydrogen-bond acceptors (Lipinski definition) is 3. The summed E-state index contributed by atoms with van der Waals surface area (Å²) in [6.45, 7) is 2.76. The minimum atomic E-state index is -1.04. The minimum absolute atomic E-state index is 0.0254. The van der Waals surface area contributed by atoms with Crippen LogP contribution in [0.25, 0.3) is 0 Å². The average molecular weight is 358 g/mol. The molecule has 2 rings (SSSR count). The van der Waals surface area contributed by atoms with Gasteiger partial charge in [-0.15, -0.1) is 0 Å². The summed E-state index contributed by atoms with van der Waals surface area (Å²) in [6, 6.07) is 7.14. The molecule has 1 heterocycles. The summed E-state index contributed by atoms with van der Waals surface area (Å²) in [6.07, 6.45) is 1.52. The quantitative estimate of drug-likeness (QED) is 0.878. The van der Waals surface area contributed by atoms with Crippen LogP contribution >= 0.6 is 11.6 Å². The van der Waals surface area contributed by atoms with Crippen molar-refractivity contribution in [3.8, 4) is 0 Å². The first-order valence-corrected chi connectivity index (χ1v) is 9.40. The Morgan fingerprint density at radius 3 is 2.48 bits per heavy atom. The Morgan fingerprint density at radius 2 is 1.91 bits per heavy atom. The first-order chi connectivity index (χ1) is 11.0. The Kier molecular flexibility index (Phi) is 6.87. The van der Waals surface area contributed by atoms with Gasteiger partial charge in [0.1, 0.15) is 0 Å². The van der Waals surface area contributed by atoms with Crippen LogP contribution < -0.4 is 5.32 Å². The molecule has 0 bridgehead atoms. The van der Waals surface area contributed by atoms with Crippen molar-refractivity contribution in [1.29, 1.82) is 0 Å². The van der Waals surface area contributed by atoms with Crippen LogP contribution in [-0.2, 0) is 10.8 Å². The van der Waals surface area contributed by atoms with Crippen LogP contribution in [0.3, 0.4) is 0 Å². The first-order valence-electron chi connectivity index (χ1n) is 7.81. The van der Waals surface area contributed by atoms with E-state index in [1.807, 2.05) is 36.0 Å². The van der Waals surface area contributed by atoms with Crippen LogP contribution in [0.5, 0.6) is 0 Å². The highest BCUT2D eigenvalue weighted by Gasteiger charge is 2.27. The third kappa shape index (κ3) is 5.48. The lowest BCUT2D eigenvalue weighted by atomic mass is 10.1. The lowest BCUT2D eigenvalue weighted by molar-refractivity contribution is 0.186. The van der Waals surface area contributed by atoms with E-state index in [0.717, 1.165) is 24.3 Å². The highest BCUT2D eigenvalue weighted by atomic mass is 35.5. The Balaban J connectivity index is 1.80. The number of benzene rings is 1. The molecule has 1 aromatic rings. The van der Waals surface area contributed by atoms with E-state index in [2.05, 4.69) is 5.32 Å². The number of nitrogens with one attached hydrogen (secondary N) is 1. The van der Waals surface area contributed by atoms with E-state index >= 15 is 0 Å². The number of nitrogens with zero attached hydrogens (tertiary/aromatic N) is 2. The van der Waals surface area contributed by atoms with Gasteiger partial charge in [-0.05, 0) is 51.2 Å². The van der Waals surface area contributed by atoms with E-state index in [1.165, 1.54) is 0 Å². The molecule has 0 aliphatic carbocycles. The van der Waals surface area contributed by atoms with Crippen LogP contribution in [0.4, 0.5) is 4.79 Å². The number of hydrogen-bond donors (Lipinski definition) is 1. The van der Waals surface area contributed by atoms with Crippen molar-refractivity contribution in [2.24, 2.45) is 0 Å². The third-order valence-corrected chi connectivity index (χ3v) is 5.98. The van der Waals surface area contributed by atoms with Crippen molar-refractivity contribution in [2.45, 2.75) is 23.0 Å². The molecule has 7 heteroatoms. The Morgan fingerprint density at radius 1 is 1.30 bits per heavy atom. The lowest BCUT2D eigenvalue weighted by Crippen LogP contribution is -2.47. The summed E-state index contributed by atoms with van der Waals surface area (Å²) >= 11 is 5.86. The second-order valence-electron chi connectivity index (χ2n) is 5.97. The maximum absolute atomic E-state index is 12.6. The van der Waals surface area contributed by atoms with Gasteiger partial charge in [0, 0.05) is 41.3 Å². The number of carbonyl (C=O) groups excluding carboxylic acids is 1. The molecule has 0 saturated carbocycles. The Labute approximate surface area is 145 Å². The monoisotopic (exact) mass is 357 g/mol. The molecule has 1 unspecified atom stereocenters. The maximum atomic E-state index is 12.6. The van der Waals surface area contributed by atoms with Crippen molar-refractivity contribution in [2.75, 3.05) is 40.3 Å². The molecule has 1 atom stereocenters. The molecule has 1 aromatic carbocycles. The zero-order valence-electron chi connectivity index (χ0n) is 13.6. The predicted octanol–water partition coefficient (Wildman–Crippen LogP) is 2.18. The SMILES string of the molecule is CN(C)CCNC(=O)N1CCC(S(=O)c2ccc(Cl)cc2)CC1. The van der Waals surface area contributed by atoms with Gasteiger partial charge in [-0.2, -0.15) is 0 Å². The first kappa shape index (κ1) is 18.2. The van der Waals surface area contributed by atoms with Gasteiger partial charge in [0.15, 0.2) is 0 Å². The van der Waals surface area contributed by atoms with Gasteiger partial charge in [0.25, 0.3) is 0 Å². The zero-order valence-corrected chi connectivity index (χ0v) is 15.2. The van der Waals surface area contributed by atoms with Crippen molar-refractivity contribution >= 4 is 28.4 Å². The zero-order chi connectivity index (χ0) is 16.8. The number of urea groups is 1. The smallest absolute Gasteiger partial charge is 0.317 e. The molecule has 1 N–H and O–H groups in total. The number of piperidine rings is 1. The molecule has 0 spiro atoms. The highest BCUT2D eigenvalue weighted by molar-refractivity contribution is 7.85. The molecule has 2 amide bonds. The number of amides is 2. The summed E-state index contributed by atoms with van der Waals surface area (Å²) in [5.74, 6) is 0. The van der Waals surface area contributed by atoms with Gasteiger partial charge in [-0.25, -0.2) is 4.79 Å². The van der Waals surface area contributed by atoms with Crippen LogP contribution in [0.2, 0.25) is 5.02 Å². The summed E-state index contributed by atoms with van der Waals surface area (Å²) in [4.78, 5) is 16.7. The van der Waals surface area contributed by atoms with E-state index < -0.39 is 10.8 Å². The fourth-order valence-corrected chi connectivity index (χ4v) is 4.09. The molecular formula is C16H24ClN3O2S. The van der Waals surface area contributed by atoms with Crippen molar-refractivity contribution in [3.63, 3.8) is 0 Å². The van der Waals surface area contributed by atoms with Crippen LogP contribution in [0.1, 0.15) is 12.8 Å². The van der Waals surface area contributed by atoms with E-state index in [9.17, 15) is 9.00 Å². The Hall–Kier alpha value is -1.11. The Bertz CT molecular complexity index is 543. The van der Waals surface area contributed by atoms with Gasteiger partial charge in [-0.1, -0.05) is 11.6 Å². The number of carbonyl (C=O) groups is 1. The number of rotatable bonds is 5.